The highest BCUT2D eigenvalue weighted by atomic mass is 35.5. The molecular formula is C13H8ClN3. The first-order valence-corrected chi connectivity index (χ1v) is 5.55. The summed E-state index contributed by atoms with van der Waals surface area (Å²) in [4.78, 5) is 4.31. The van der Waals surface area contributed by atoms with E-state index in [1.165, 1.54) is 0 Å². The molecular weight excluding hydrogens is 234 g/mol. The monoisotopic (exact) mass is 241 g/mol. The average molecular weight is 242 g/mol. The summed E-state index contributed by atoms with van der Waals surface area (Å²) in [6.07, 6.45) is 0.757. The lowest BCUT2D eigenvalue weighted by Gasteiger charge is -2.02. The Balaban J connectivity index is 2.24. The molecule has 0 saturated heterocycles. The summed E-state index contributed by atoms with van der Waals surface area (Å²) in [5.41, 5.74) is 10.3. The molecule has 0 unspecified atom stereocenters. The molecule has 2 N–H and O–H groups in total. The summed E-state index contributed by atoms with van der Waals surface area (Å²) in [5.74, 6) is 0.286. The zero-order valence-corrected chi connectivity index (χ0v) is 9.62. The van der Waals surface area contributed by atoms with Crippen molar-refractivity contribution < 1.29 is 0 Å². The zero-order valence-electron chi connectivity index (χ0n) is 8.87. The predicted octanol–water partition coefficient (Wildman–Crippen LogP) is 2.76. The van der Waals surface area contributed by atoms with Gasteiger partial charge in [0.2, 0.25) is 0 Å². The second-order valence-electron chi connectivity index (χ2n) is 4.02. The number of nitrogen functional groups attached to an aromatic ring is 1. The molecule has 1 aliphatic carbocycles. The molecule has 0 atom stereocenters. The van der Waals surface area contributed by atoms with Crippen LogP contribution in [0, 0.1) is 11.3 Å². The standard InChI is InChI=1S/C13H8ClN3/c14-10-1-2-11-7(5-10)3-8-4-9(6-15)13(16)17-12(8)11/h1-2,4-5H,3H2,(H2,16,17). The Kier molecular flexibility index (Phi) is 2.07. The van der Waals surface area contributed by atoms with Gasteiger partial charge in [-0.25, -0.2) is 4.98 Å². The van der Waals surface area contributed by atoms with Crippen molar-refractivity contribution in [2.75, 3.05) is 5.73 Å². The molecule has 0 saturated carbocycles. The average Bonchev–Trinajstić information content (AvgIpc) is 2.64. The van der Waals surface area contributed by atoms with Crippen molar-refractivity contribution in [3.63, 3.8) is 0 Å². The van der Waals surface area contributed by atoms with Gasteiger partial charge < -0.3 is 5.73 Å². The van der Waals surface area contributed by atoms with Crippen LogP contribution in [0.15, 0.2) is 24.3 Å². The minimum Gasteiger partial charge on any atom is -0.383 e. The molecule has 4 heteroatoms. The van der Waals surface area contributed by atoms with E-state index in [0.717, 1.165) is 28.8 Å². The van der Waals surface area contributed by atoms with Gasteiger partial charge in [0.25, 0.3) is 0 Å². The van der Waals surface area contributed by atoms with Crippen LogP contribution >= 0.6 is 11.6 Å². The van der Waals surface area contributed by atoms with Gasteiger partial charge in [0.15, 0.2) is 0 Å². The van der Waals surface area contributed by atoms with Crippen molar-refractivity contribution in [1.29, 1.82) is 5.26 Å². The van der Waals surface area contributed by atoms with Crippen molar-refractivity contribution in [2.24, 2.45) is 0 Å². The maximum atomic E-state index is 8.92. The van der Waals surface area contributed by atoms with Crippen LogP contribution in [0.4, 0.5) is 5.82 Å². The number of hydrogen-bond donors (Lipinski definition) is 1. The number of rotatable bonds is 0. The highest BCUT2D eigenvalue weighted by Gasteiger charge is 2.21. The molecule has 1 heterocycles. The Morgan fingerprint density at radius 2 is 2.12 bits per heavy atom. The van der Waals surface area contributed by atoms with E-state index in [1.807, 2.05) is 30.3 Å². The third-order valence-electron chi connectivity index (χ3n) is 2.95. The number of benzene rings is 1. The predicted molar refractivity (Wildman–Crippen MR) is 66.6 cm³/mol. The number of aromatic nitrogens is 1. The van der Waals surface area contributed by atoms with Gasteiger partial charge in [-0.05, 0) is 29.3 Å². The molecule has 2 aromatic rings. The van der Waals surface area contributed by atoms with Crippen molar-refractivity contribution in [2.45, 2.75) is 6.42 Å². The molecule has 1 aromatic carbocycles. The van der Waals surface area contributed by atoms with E-state index in [9.17, 15) is 0 Å². The second kappa shape index (κ2) is 3.47. The van der Waals surface area contributed by atoms with Crippen molar-refractivity contribution in [3.05, 3.63) is 46.0 Å². The van der Waals surface area contributed by atoms with Crippen LogP contribution in [-0.2, 0) is 6.42 Å². The molecule has 17 heavy (non-hydrogen) atoms. The Morgan fingerprint density at radius 3 is 2.88 bits per heavy atom. The summed E-state index contributed by atoms with van der Waals surface area (Å²) >= 11 is 5.96. The van der Waals surface area contributed by atoms with Gasteiger partial charge in [-0.15, -0.1) is 0 Å². The number of fused-ring (bicyclic) bond motifs is 3. The van der Waals surface area contributed by atoms with Gasteiger partial charge in [0.1, 0.15) is 11.9 Å². The summed E-state index contributed by atoms with van der Waals surface area (Å²) in [5, 5.41) is 9.63. The lowest BCUT2D eigenvalue weighted by Crippen LogP contribution is -1.97. The molecule has 3 rings (SSSR count). The molecule has 82 valence electrons. The van der Waals surface area contributed by atoms with Crippen LogP contribution in [0.3, 0.4) is 0 Å². The highest BCUT2D eigenvalue weighted by Crippen LogP contribution is 2.37. The number of hydrogen-bond acceptors (Lipinski definition) is 3. The maximum Gasteiger partial charge on any atom is 0.142 e. The van der Waals surface area contributed by atoms with Gasteiger partial charge in [-0.3, -0.25) is 0 Å². The number of nitriles is 1. The van der Waals surface area contributed by atoms with Gasteiger partial charge in [0.05, 0.1) is 11.3 Å². The normalized spacial score (nSPS) is 11.8. The molecule has 0 bridgehead atoms. The van der Waals surface area contributed by atoms with E-state index in [0.29, 0.717) is 10.6 Å². The van der Waals surface area contributed by atoms with Crippen LogP contribution < -0.4 is 5.73 Å². The van der Waals surface area contributed by atoms with Crippen molar-refractivity contribution in [3.8, 4) is 17.3 Å². The molecule has 0 aliphatic heterocycles. The first-order chi connectivity index (χ1) is 8.19. The minimum atomic E-state index is 0.286. The molecule has 0 radical (unpaired) electrons. The van der Waals surface area contributed by atoms with E-state index < -0.39 is 0 Å². The van der Waals surface area contributed by atoms with Gasteiger partial charge >= 0.3 is 0 Å². The zero-order chi connectivity index (χ0) is 12.0. The molecule has 3 nitrogen and oxygen atoms in total. The van der Waals surface area contributed by atoms with Crippen molar-refractivity contribution in [1.82, 2.24) is 4.98 Å². The quantitative estimate of drug-likeness (QED) is 0.658. The number of nitrogens with zero attached hydrogens (tertiary/aromatic N) is 2. The summed E-state index contributed by atoms with van der Waals surface area (Å²) in [7, 11) is 0. The Bertz CT molecular complexity index is 671. The van der Waals surface area contributed by atoms with Crippen LogP contribution in [0.25, 0.3) is 11.3 Å². The Labute approximate surface area is 103 Å². The molecule has 0 amide bonds. The van der Waals surface area contributed by atoms with E-state index in [4.69, 9.17) is 22.6 Å². The minimum absolute atomic E-state index is 0.286. The SMILES string of the molecule is N#Cc1cc2c(nc1N)-c1ccc(Cl)cc1C2. The number of halogens is 1. The van der Waals surface area contributed by atoms with Gasteiger partial charge in [-0.1, -0.05) is 17.7 Å². The molecule has 0 spiro atoms. The maximum absolute atomic E-state index is 8.92. The lowest BCUT2D eigenvalue weighted by atomic mass is 10.1. The van der Waals surface area contributed by atoms with Gasteiger partial charge in [0, 0.05) is 17.0 Å². The van der Waals surface area contributed by atoms with Crippen LogP contribution in [0.5, 0.6) is 0 Å². The third kappa shape index (κ3) is 1.46. The first kappa shape index (κ1) is 10.1. The fourth-order valence-corrected chi connectivity index (χ4v) is 2.37. The van der Waals surface area contributed by atoms with Crippen LogP contribution in [-0.4, -0.2) is 4.98 Å². The fourth-order valence-electron chi connectivity index (χ4n) is 2.17. The smallest absolute Gasteiger partial charge is 0.142 e. The number of pyridine rings is 1. The van der Waals surface area contributed by atoms with Gasteiger partial charge in [-0.2, -0.15) is 5.26 Å². The van der Waals surface area contributed by atoms with E-state index in [-0.39, 0.29) is 5.82 Å². The first-order valence-electron chi connectivity index (χ1n) is 5.17. The van der Waals surface area contributed by atoms with Crippen LogP contribution in [0.1, 0.15) is 16.7 Å². The highest BCUT2D eigenvalue weighted by molar-refractivity contribution is 6.30. The second-order valence-corrected chi connectivity index (χ2v) is 4.46. The third-order valence-corrected chi connectivity index (χ3v) is 3.19. The molecule has 0 fully saturated rings. The van der Waals surface area contributed by atoms with E-state index in [1.54, 1.807) is 0 Å². The summed E-state index contributed by atoms with van der Waals surface area (Å²) < 4.78 is 0. The Hall–Kier alpha value is -2.05. The van der Waals surface area contributed by atoms with E-state index in [2.05, 4.69) is 4.98 Å². The van der Waals surface area contributed by atoms with Crippen molar-refractivity contribution >= 4 is 17.4 Å². The molecule has 1 aliphatic rings. The topological polar surface area (TPSA) is 62.7 Å². The summed E-state index contributed by atoms with van der Waals surface area (Å²) in [6, 6.07) is 9.58. The van der Waals surface area contributed by atoms with Crippen LogP contribution in [0.2, 0.25) is 5.02 Å². The number of anilines is 1. The van der Waals surface area contributed by atoms with E-state index >= 15 is 0 Å². The summed E-state index contributed by atoms with van der Waals surface area (Å²) in [6.45, 7) is 0. The lowest BCUT2D eigenvalue weighted by molar-refractivity contribution is 1.22. The fraction of sp³-hybridized carbons (Fsp3) is 0.0769. The largest absolute Gasteiger partial charge is 0.383 e. The Morgan fingerprint density at radius 1 is 1.29 bits per heavy atom. The molecule has 1 aromatic heterocycles. The number of nitrogens with two attached hydrogens (primary N) is 1.